The Labute approximate surface area is 264 Å². The van der Waals surface area contributed by atoms with Gasteiger partial charge >= 0.3 is 0 Å². The number of nitrogens with zero attached hydrogens (tertiary/aromatic N) is 3. The third-order valence-corrected chi connectivity index (χ3v) is 10.7. The summed E-state index contributed by atoms with van der Waals surface area (Å²) in [5, 5.41) is 21.8. The molecule has 0 spiro atoms. The number of hydrogen-bond donors (Lipinski definition) is 0. The van der Waals surface area contributed by atoms with E-state index in [1.54, 1.807) is 28.7 Å². The van der Waals surface area contributed by atoms with Gasteiger partial charge in [0.1, 0.15) is 28.9 Å². The van der Waals surface area contributed by atoms with E-state index in [1.165, 1.54) is 32.9 Å². The predicted molar refractivity (Wildman–Crippen MR) is 186 cm³/mol. The van der Waals surface area contributed by atoms with Gasteiger partial charge in [0, 0.05) is 48.6 Å². The standard InChI is InChI=1S/C38H31N3OS2/c1-37(2,3)23-7-12-30-28(16-23)29-17-24(38(4,5)6)8-13-31(29)41(30)25-9-11-27-32(18-25)42-33-19-35(44-36(27)33)34-14-10-26(43-34)15-22(20-39)21-40/h7-19H,1-6H3. The van der Waals surface area contributed by atoms with E-state index < -0.39 is 0 Å². The highest BCUT2D eigenvalue weighted by Crippen LogP contribution is 2.43. The average molecular weight is 610 g/mol. The third-order valence-electron chi connectivity index (χ3n) is 8.28. The highest BCUT2D eigenvalue weighted by Gasteiger charge is 2.22. The SMILES string of the molecule is CC(C)(C)c1ccc2c(c1)c1cc(C(C)(C)C)ccc1n2-c1ccc2c(c1)oc1cc(-c3ccc(C=C(C#N)C#N)s3)sc12. The number of hydrogen-bond acceptors (Lipinski definition) is 5. The summed E-state index contributed by atoms with van der Waals surface area (Å²) in [6, 6.07) is 30.3. The van der Waals surface area contributed by atoms with Crippen LogP contribution in [-0.2, 0) is 10.8 Å². The van der Waals surface area contributed by atoms with E-state index in [-0.39, 0.29) is 16.4 Å². The first kappa shape index (κ1) is 28.2. The number of aromatic nitrogens is 1. The monoisotopic (exact) mass is 609 g/mol. The minimum absolute atomic E-state index is 0.0551. The largest absolute Gasteiger partial charge is 0.455 e. The van der Waals surface area contributed by atoms with Crippen LogP contribution in [0.5, 0.6) is 0 Å². The summed E-state index contributed by atoms with van der Waals surface area (Å²) < 4.78 is 9.94. The minimum atomic E-state index is 0.0551. The van der Waals surface area contributed by atoms with Crippen LogP contribution >= 0.6 is 22.7 Å². The van der Waals surface area contributed by atoms with Crippen LogP contribution in [0.25, 0.3) is 64.6 Å². The van der Waals surface area contributed by atoms with Crippen molar-refractivity contribution in [2.45, 2.75) is 52.4 Å². The molecule has 0 saturated carbocycles. The molecule has 0 saturated heterocycles. The lowest BCUT2D eigenvalue weighted by Gasteiger charge is -2.19. The summed E-state index contributed by atoms with van der Waals surface area (Å²) >= 11 is 3.27. The van der Waals surface area contributed by atoms with Gasteiger partial charge in [-0.25, -0.2) is 0 Å². The molecule has 4 nitrogen and oxygen atoms in total. The summed E-state index contributed by atoms with van der Waals surface area (Å²) in [5.41, 5.74) is 8.05. The van der Waals surface area contributed by atoms with Gasteiger partial charge in [0.25, 0.3) is 0 Å². The molecule has 0 aliphatic rings. The van der Waals surface area contributed by atoms with Crippen molar-refractivity contribution in [2.24, 2.45) is 0 Å². The second-order valence-corrected chi connectivity index (χ2v) is 15.5. The molecule has 0 atom stereocenters. The molecule has 3 aromatic carbocycles. The van der Waals surface area contributed by atoms with E-state index in [4.69, 9.17) is 14.9 Å². The van der Waals surface area contributed by atoms with Crippen molar-refractivity contribution in [3.63, 3.8) is 0 Å². The number of allylic oxidation sites excluding steroid dienone is 1. The van der Waals surface area contributed by atoms with Crippen LogP contribution in [0.1, 0.15) is 57.5 Å². The Bertz CT molecular complexity index is 2290. The normalized spacial score (nSPS) is 12.3. The molecule has 0 aliphatic heterocycles. The van der Waals surface area contributed by atoms with Crippen LogP contribution in [0.2, 0.25) is 0 Å². The van der Waals surface area contributed by atoms with Gasteiger partial charge in [0.2, 0.25) is 0 Å². The number of thiophene rings is 2. The van der Waals surface area contributed by atoms with Gasteiger partial charge in [0.05, 0.1) is 15.7 Å². The Hall–Kier alpha value is -4.62. The van der Waals surface area contributed by atoms with Gasteiger partial charge in [-0.1, -0.05) is 53.7 Å². The molecule has 4 aromatic heterocycles. The molecular formula is C38H31N3OS2. The molecule has 44 heavy (non-hydrogen) atoms. The maximum Gasteiger partial charge on any atom is 0.146 e. The van der Waals surface area contributed by atoms with E-state index in [9.17, 15) is 0 Å². The van der Waals surface area contributed by atoms with E-state index in [2.05, 4.69) is 107 Å². The van der Waals surface area contributed by atoms with Gasteiger partial charge in [-0.15, -0.1) is 22.7 Å². The van der Waals surface area contributed by atoms with Crippen molar-refractivity contribution in [1.29, 1.82) is 10.5 Å². The van der Waals surface area contributed by atoms with Crippen molar-refractivity contribution >= 4 is 71.8 Å². The second kappa shape index (κ2) is 9.96. The van der Waals surface area contributed by atoms with Crippen molar-refractivity contribution in [1.82, 2.24) is 4.57 Å². The smallest absolute Gasteiger partial charge is 0.146 e. The fraction of sp³-hybridized carbons (Fsp3) is 0.211. The summed E-state index contributed by atoms with van der Waals surface area (Å²) in [6.07, 6.45) is 1.63. The van der Waals surface area contributed by atoms with Gasteiger partial charge < -0.3 is 8.98 Å². The van der Waals surface area contributed by atoms with Gasteiger partial charge in [-0.2, -0.15) is 10.5 Å². The Morgan fingerprint density at radius 2 is 1.32 bits per heavy atom. The van der Waals surface area contributed by atoms with Crippen LogP contribution in [-0.4, -0.2) is 4.57 Å². The third kappa shape index (κ3) is 4.63. The van der Waals surface area contributed by atoms with Gasteiger partial charge in [-0.3, -0.25) is 0 Å². The van der Waals surface area contributed by atoms with Crippen molar-refractivity contribution < 1.29 is 4.42 Å². The molecule has 0 radical (unpaired) electrons. The van der Waals surface area contributed by atoms with Crippen LogP contribution in [0, 0.1) is 22.7 Å². The molecule has 216 valence electrons. The maximum atomic E-state index is 9.10. The Kier molecular flexibility index (Phi) is 6.38. The zero-order valence-electron chi connectivity index (χ0n) is 25.6. The Balaban J connectivity index is 1.36. The van der Waals surface area contributed by atoms with Gasteiger partial charge in [-0.05, 0) is 76.6 Å². The molecule has 0 amide bonds. The first-order valence-electron chi connectivity index (χ1n) is 14.6. The minimum Gasteiger partial charge on any atom is -0.455 e. The van der Waals surface area contributed by atoms with E-state index in [1.807, 2.05) is 24.3 Å². The zero-order valence-corrected chi connectivity index (χ0v) is 27.2. The van der Waals surface area contributed by atoms with Crippen LogP contribution in [0.3, 0.4) is 0 Å². The van der Waals surface area contributed by atoms with E-state index >= 15 is 0 Å². The molecule has 0 aliphatic carbocycles. The van der Waals surface area contributed by atoms with E-state index in [0.717, 1.165) is 41.6 Å². The number of benzene rings is 3. The van der Waals surface area contributed by atoms with Crippen molar-refractivity contribution in [3.05, 3.63) is 94.4 Å². The first-order valence-corrected chi connectivity index (χ1v) is 16.3. The fourth-order valence-electron chi connectivity index (χ4n) is 5.83. The second-order valence-electron chi connectivity index (χ2n) is 13.4. The summed E-state index contributed by atoms with van der Waals surface area (Å²) in [5.74, 6) is 0. The average Bonchev–Trinajstić information content (AvgIpc) is 3.75. The first-order chi connectivity index (χ1) is 20.9. The highest BCUT2D eigenvalue weighted by molar-refractivity contribution is 7.26. The van der Waals surface area contributed by atoms with Gasteiger partial charge in [0.15, 0.2) is 0 Å². The molecule has 0 unspecified atom stereocenters. The molecule has 0 fully saturated rings. The molecule has 0 N–H and O–H groups in total. The Morgan fingerprint density at radius 1 is 0.682 bits per heavy atom. The molecular weight excluding hydrogens is 579 g/mol. The maximum absolute atomic E-state index is 9.10. The zero-order chi connectivity index (χ0) is 31.0. The Morgan fingerprint density at radius 3 is 1.91 bits per heavy atom. The topological polar surface area (TPSA) is 65.7 Å². The molecule has 7 aromatic rings. The van der Waals surface area contributed by atoms with Crippen LogP contribution in [0.15, 0.2) is 82.8 Å². The van der Waals surface area contributed by atoms with Crippen LogP contribution in [0.4, 0.5) is 0 Å². The lowest BCUT2D eigenvalue weighted by Crippen LogP contribution is -2.10. The summed E-state index contributed by atoms with van der Waals surface area (Å²) in [6.45, 7) is 13.6. The predicted octanol–water partition coefficient (Wildman–Crippen LogP) is 11.5. The quantitative estimate of drug-likeness (QED) is 0.187. The fourth-order valence-corrected chi connectivity index (χ4v) is 7.98. The molecule has 4 heterocycles. The summed E-state index contributed by atoms with van der Waals surface area (Å²) in [4.78, 5) is 3.08. The molecule has 6 heteroatoms. The van der Waals surface area contributed by atoms with Crippen molar-refractivity contribution in [3.8, 4) is 27.6 Å². The molecule has 0 bridgehead atoms. The van der Waals surface area contributed by atoms with Crippen molar-refractivity contribution in [2.75, 3.05) is 0 Å². The van der Waals surface area contributed by atoms with E-state index in [0.29, 0.717) is 0 Å². The summed E-state index contributed by atoms with van der Waals surface area (Å²) in [7, 11) is 0. The van der Waals surface area contributed by atoms with Crippen LogP contribution < -0.4 is 0 Å². The number of furan rings is 1. The molecule has 7 rings (SSSR count). The lowest BCUT2D eigenvalue weighted by atomic mass is 9.85. The lowest BCUT2D eigenvalue weighted by molar-refractivity contribution is 0.590. The highest BCUT2D eigenvalue weighted by atomic mass is 32.1. The number of nitriles is 2. The number of fused-ring (bicyclic) bond motifs is 6. The number of rotatable bonds is 3.